The molecule has 2 aliphatic heterocycles. The topological polar surface area (TPSA) is 109 Å². The summed E-state index contributed by atoms with van der Waals surface area (Å²) in [6.07, 6.45) is -1.41. The largest absolute Gasteiger partial charge is 0.468 e. The molecule has 0 aliphatic carbocycles. The number of carbonyl (C=O) groups is 2. The quantitative estimate of drug-likeness (QED) is 0.221. The number of aliphatic hydroxyl groups is 1. The first-order valence-electron chi connectivity index (χ1n) is 14.2. The summed E-state index contributed by atoms with van der Waals surface area (Å²) in [5.41, 5.74) is 0.279. The first kappa shape index (κ1) is 29.9. The molecule has 44 heavy (non-hydrogen) atoms. The minimum atomic E-state index is -4.66. The molecule has 2 fully saturated rings. The van der Waals surface area contributed by atoms with Crippen LogP contribution < -0.4 is 5.32 Å². The predicted molar refractivity (Wildman–Crippen MR) is 151 cm³/mol. The second-order valence-corrected chi connectivity index (χ2v) is 12.2. The van der Waals surface area contributed by atoms with Gasteiger partial charge in [0.2, 0.25) is 11.8 Å². The highest BCUT2D eigenvalue weighted by Crippen LogP contribution is 2.48. The smallest absolute Gasteiger partial charge is 0.441 e. The third-order valence-electron chi connectivity index (χ3n) is 8.84. The molecule has 2 aromatic carbocycles. The third-order valence-corrected chi connectivity index (χ3v) is 8.84. The number of halogens is 4. The van der Waals surface area contributed by atoms with Crippen LogP contribution in [-0.4, -0.2) is 44.9 Å². The number of nitrogens with one attached hydrogen (secondary N) is 1. The summed E-state index contributed by atoms with van der Waals surface area (Å²) in [4.78, 5) is 34.0. The Morgan fingerprint density at radius 3 is 2.55 bits per heavy atom. The Labute approximate surface area is 250 Å². The van der Waals surface area contributed by atoms with Crippen molar-refractivity contribution in [3.63, 3.8) is 0 Å². The van der Waals surface area contributed by atoms with Crippen LogP contribution in [0, 0.1) is 11.2 Å². The van der Waals surface area contributed by atoms with Gasteiger partial charge in [-0.2, -0.15) is 13.2 Å². The SMILES string of the molecule is CC1(C)CN(Cc2ccc(-c3coc(C(F)(F)F)n3)cc2)CC[C@]1(O)c1ccc2ncc([C@@H]3CCC(=O)NC3=O)cc2c1F. The van der Waals surface area contributed by atoms with E-state index in [0.717, 1.165) is 11.8 Å². The Hall–Kier alpha value is -4.16. The Morgan fingerprint density at radius 2 is 1.89 bits per heavy atom. The summed E-state index contributed by atoms with van der Waals surface area (Å²) in [5.74, 6) is -3.28. The van der Waals surface area contributed by atoms with Gasteiger partial charge in [-0.3, -0.25) is 24.8 Å². The number of nitrogens with zero attached hydrogens (tertiary/aromatic N) is 3. The van der Waals surface area contributed by atoms with Crippen LogP contribution in [0.1, 0.15) is 61.6 Å². The molecule has 0 bridgehead atoms. The van der Waals surface area contributed by atoms with Crippen molar-refractivity contribution in [2.24, 2.45) is 5.41 Å². The van der Waals surface area contributed by atoms with E-state index in [1.54, 1.807) is 42.5 Å². The summed E-state index contributed by atoms with van der Waals surface area (Å²) in [6, 6.07) is 11.8. The molecule has 4 aromatic rings. The number of aromatic nitrogens is 2. The van der Waals surface area contributed by atoms with Crippen LogP contribution in [0.25, 0.3) is 22.2 Å². The van der Waals surface area contributed by atoms with Crippen molar-refractivity contribution >= 4 is 22.7 Å². The highest BCUT2D eigenvalue weighted by molar-refractivity contribution is 6.01. The number of rotatable bonds is 5. The first-order valence-corrected chi connectivity index (χ1v) is 14.2. The minimum absolute atomic E-state index is 0.0879. The van der Waals surface area contributed by atoms with Crippen LogP contribution in [0.4, 0.5) is 17.6 Å². The molecule has 0 unspecified atom stereocenters. The number of piperidine rings is 2. The fourth-order valence-corrected chi connectivity index (χ4v) is 6.34. The number of pyridine rings is 1. The molecule has 0 radical (unpaired) electrons. The van der Waals surface area contributed by atoms with E-state index in [4.69, 9.17) is 0 Å². The fourth-order valence-electron chi connectivity index (χ4n) is 6.34. The van der Waals surface area contributed by atoms with Gasteiger partial charge in [0.05, 0.1) is 17.0 Å². The molecule has 4 heterocycles. The molecular weight excluding hydrogens is 580 g/mol. The average Bonchev–Trinajstić information content (AvgIpc) is 3.47. The maximum Gasteiger partial charge on any atom is 0.468 e. The van der Waals surface area contributed by atoms with E-state index in [9.17, 15) is 27.9 Å². The van der Waals surface area contributed by atoms with Gasteiger partial charge in [0.25, 0.3) is 0 Å². The number of oxazole rings is 1. The molecule has 2 atom stereocenters. The Bertz CT molecular complexity index is 1750. The molecule has 2 aliphatic rings. The zero-order chi connectivity index (χ0) is 31.4. The molecule has 0 saturated carbocycles. The number of hydrogen-bond acceptors (Lipinski definition) is 7. The molecule has 2 aromatic heterocycles. The zero-order valence-electron chi connectivity index (χ0n) is 24.0. The van der Waals surface area contributed by atoms with Gasteiger partial charge in [0.15, 0.2) is 0 Å². The second kappa shape index (κ2) is 10.8. The highest BCUT2D eigenvalue weighted by atomic mass is 19.4. The average molecular weight is 611 g/mol. The fraction of sp³-hybridized carbons (Fsp3) is 0.375. The van der Waals surface area contributed by atoms with Gasteiger partial charge in [-0.1, -0.05) is 44.2 Å². The molecule has 0 spiro atoms. The van der Waals surface area contributed by atoms with E-state index < -0.39 is 40.7 Å². The maximum absolute atomic E-state index is 16.2. The molecular formula is C32H30F4N4O4. The predicted octanol–water partition coefficient (Wildman–Crippen LogP) is 5.69. The number of fused-ring (bicyclic) bond motifs is 1. The summed E-state index contributed by atoms with van der Waals surface area (Å²) in [6.45, 7) is 5.19. The van der Waals surface area contributed by atoms with Gasteiger partial charge in [-0.25, -0.2) is 9.37 Å². The third kappa shape index (κ3) is 5.36. The van der Waals surface area contributed by atoms with Crippen LogP contribution >= 0.6 is 0 Å². The number of carbonyl (C=O) groups excluding carboxylic acids is 2. The van der Waals surface area contributed by atoms with Gasteiger partial charge in [0.1, 0.15) is 17.8 Å². The molecule has 2 saturated heterocycles. The number of likely N-dealkylation sites (tertiary alicyclic amines) is 1. The molecule has 2 amide bonds. The lowest BCUT2D eigenvalue weighted by Crippen LogP contribution is -2.55. The van der Waals surface area contributed by atoms with Crippen molar-refractivity contribution < 1.29 is 36.7 Å². The standard InChI is InChI=1S/C32H30F4N4O4/c1-30(2)17-40(15-18-3-5-19(6-4-18)25-16-44-29(38-25)32(34,35)36)12-11-31(30,43)23-8-9-24-22(27(23)33)13-20(14-37-24)21-7-10-26(41)39-28(21)42/h3-6,8-9,13-14,16,21,43H,7,10-12,15,17H2,1-2H3,(H,39,41,42)/t21-,31-/m0/s1. The van der Waals surface area contributed by atoms with E-state index in [0.29, 0.717) is 42.7 Å². The maximum atomic E-state index is 16.2. The lowest BCUT2D eigenvalue weighted by Gasteiger charge is -2.50. The minimum Gasteiger partial charge on any atom is -0.441 e. The Morgan fingerprint density at radius 1 is 1.14 bits per heavy atom. The highest BCUT2D eigenvalue weighted by Gasteiger charge is 2.50. The van der Waals surface area contributed by atoms with Crippen molar-refractivity contribution in [3.05, 3.63) is 83.3 Å². The van der Waals surface area contributed by atoms with Crippen molar-refractivity contribution in [2.75, 3.05) is 13.1 Å². The summed E-state index contributed by atoms with van der Waals surface area (Å²) in [7, 11) is 0. The number of amides is 2. The lowest BCUT2D eigenvalue weighted by molar-refractivity contribution is -0.157. The van der Waals surface area contributed by atoms with E-state index in [1.807, 2.05) is 13.8 Å². The van der Waals surface area contributed by atoms with Crippen molar-refractivity contribution in [2.45, 2.75) is 57.3 Å². The summed E-state index contributed by atoms with van der Waals surface area (Å²) in [5, 5.41) is 14.5. The number of imide groups is 1. The zero-order valence-corrected chi connectivity index (χ0v) is 24.0. The molecule has 2 N–H and O–H groups in total. The molecule has 8 nitrogen and oxygen atoms in total. The molecule has 12 heteroatoms. The van der Waals surface area contributed by atoms with Gasteiger partial charge >= 0.3 is 12.1 Å². The monoisotopic (exact) mass is 610 g/mol. The van der Waals surface area contributed by atoms with Crippen LogP contribution in [0.5, 0.6) is 0 Å². The van der Waals surface area contributed by atoms with E-state index in [2.05, 4.69) is 24.6 Å². The van der Waals surface area contributed by atoms with Crippen LogP contribution in [0.15, 0.2) is 59.3 Å². The molecule has 6 rings (SSSR count). The second-order valence-electron chi connectivity index (χ2n) is 12.2. The number of hydrogen-bond donors (Lipinski definition) is 2. The van der Waals surface area contributed by atoms with Crippen molar-refractivity contribution in [1.82, 2.24) is 20.2 Å². The van der Waals surface area contributed by atoms with Crippen molar-refractivity contribution in [3.8, 4) is 11.3 Å². The number of benzene rings is 2. The van der Waals surface area contributed by atoms with Crippen LogP contribution in [0.2, 0.25) is 0 Å². The van der Waals surface area contributed by atoms with Crippen molar-refractivity contribution in [1.29, 1.82) is 0 Å². The van der Waals surface area contributed by atoms with Crippen LogP contribution in [0.3, 0.4) is 0 Å². The Kier molecular flexibility index (Phi) is 7.32. The summed E-state index contributed by atoms with van der Waals surface area (Å²) >= 11 is 0. The lowest BCUT2D eigenvalue weighted by atomic mass is 9.66. The van der Waals surface area contributed by atoms with Gasteiger partial charge in [-0.05, 0) is 36.1 Å². The van der Waals surface area contributed by atoms with Crippen LogP contribution in [-0.2, 0) is 27.9 Å². The number of alkyl halides is 3. The van der Waals surface area contributed by atoms with Gasteiger partial charge < -0.3 is 9.52 Å². The summed E-state index contributed by atoms with van der Waals surface area (Å²) < 4.78 is 59.3. The first-order chi connectivity index (χ1) is 20.7. The van der Waals surface area contributed by atoms with E-state index in [1.165, 1.54) is 6.20 Å². The Balaban J connectivity index is 1.20. The normalized spacial score (nSPS) is 22.8. The van der Waals surface area contributed by atoms with E-state index in [-0.39, 0.29) is 35.4 Å². The van der Waals surface area contributed by atoms with Gasteiger partial charge in [-0.15, -0.1) is 0 Å². The van der Waals surface area contributed by atoms with Gasteiger partial charge in [0, 0.05) is 54.2 Å². The molecule has 230 valence electrons. The van der Waals surface area contributed by atoms with E-state index >= 15 is 4.39 Å².